The molecule has 3 rings (SSSR count). The van der Waals surface area contributed by atoms with Gasteiger partial charge >= 0.3 is 0 Å². The highest BCUT2D eigenvalue weighted by Crippen LogP contribution is 2.33. The number of nitrogens with two attached hydrogens (primary N) is 1. The van der Waals surface area contributed by atoms with Gasteiger partial charge in [-0.2, -0.15) is 0 Å². The Labute approximate surface area is 139 Å². The van der Waals surface area contributed by atoms with Gasteiger partial charge in [-0.25, -0.2) is 4.98 Å². The van der Waals surface area contributed by atoms with E-state index in [0.29, 0.717) is 23.4 Å². The molecule has 0 spiro atoms. The summed E-state index contributed by atoms with van der Waals surface area (Å²) in [6.07, 6.45) is 2.22. The molecule has 0 saturated carbocycles. The van der Waals surface area contributed by atoms with Gasteiger partial charge in [-0.15, -0.1) is 0 Å². The predicted octanol–water partition coefficient (Wildman–Crippen LogP) is 3.74. The van der Waals surface area contributed by atoms with Gasteiger partial charge in [-0.3, -0.25) is 10.1 Å². The number of non-ortho nitro benzene ring substituents is 1. The van der Waals surface area contributed by atoms with Gasteiger partial charge in [-0.1, -0.05) is 18.2 Å². The summed E-state index contributed by atoms with van der Waals surface area (Å²) in [5, 5.41) is 12.5. The Hall–Kier alpha value is -3.15. The van der Waals surface area contributed by atoms with Gasteiger partial charge in [0.2, 0.25) is 0 Å². The molecule has 1 aromatic heterocycles. The van der Waals surface area contributed by atoms with Gasteiger partial charge in [0.1, 0.15) is 11.6 Å². The molecule has 0 aliphatic carbocycles. The molecule has 0 aliphatic rings. The second-order valence-electron chi connectivity index (χ2n) is 5.61. The van der Waals surface area contributed by atoms with Crippen LogP contribution >= 0.6 is 0 Å². The van der Waals surface area contributed by atoms with E-state index < -0.39 is 0 Å². The SMILES string of the molecule is CC(Cc1ccnc(N)c1)Oc1ccc([N+](=O)[O-])c2ccccc12. The predicted molar refractivity (Wildman–Crippen MR) is 93.0 cm³/mol. The maximum absolute atomic E-state index is 11.2. The molecule has 1 unspecified atom stereocenters. The Morgan fingerprint density at radius 2 is 1.96 bits per heavy atom. The molecule has 24 heavy (non-hydrogen) atoms. The van der Waals surface area contributed by atoms with Gasteiger partial charge < -0.3 is 10.5 Å². The second-order valence-corrected chi connectivity index (χ2v) is 5.61. The van der Waals surface area contributed by atoms with Crippen molar-refractivity contribution in [3.8, 4) is 5.75 Å². The maximum atomic E-state index is 11.2. The van der Waals surface area contributed by atoms with Gasteiger partial charge in [-0.05, 0) is 36.8 Å². The zero-order chi connectivity index (χ0) is 17.1. The minimum Gasteiger partial charge on any atom is -0.490 e. The van der Waals surface area contributed by atoms with Gasteiger partial charge in [0.15, 0.2) is 0 Å². The summed E-state index contributed by atoms with van der Waals surface area (Å²) in [5.74, 6) is 1.10. The number of aromatic nitrogens is 1. The highest BCUT2D eigenvalue weighted by Gasteiger charge is 2.16. The average Bonchev–Trinajstić information content (AvgIpc) is 2.54. The van der Waals surface area contributed by atoms with Crippen LogP contribution in [0.25, 0.3) is 10.8 Å². The molecule has 1 heterocycles. The van der Waals surface area contributed by atoms with Gasteiger partial charge in [0.05, 0.1) is 16.4 Å². The molecular formula is C18H17N3O3. The number of hydrogen-bond donors (Lipinski definition) is 1. The van der Waals surface area contributed by atoms with E-state index in [4.69, 9.17) is 10.5 Å². The quantitative estimate of drug-likeness (QED) is 0.570. The first kappa shape index (κ1) is 15.7. The fraction of sp³-hybridized carbons (Fsp3) is 0.167. The fourth-order valence-corrected chi connectivity index (χ4v) is 2.73. The van der Waals surface area contributed by atoms with Crippen molar-refractivity contribution < 1.29 is 9.66 Å². The molecule has 0 aliphatic heterocycles. The second kappa shape index (κ2) is 6.54. The molecule has 122 valence electrons. The Bertz CT molecular complexity index is 896. The standard InChI is InChI=1S/C18H17N3O3/c1-12(10-13-8-9-20-18(19)11-13)24-17-7-6-16(21(22)23)14-4-2-3-5-15(14)17/h2-9,11-12H,10H2,1H3,(H2,19,20). The van der Waals surface area contributed by atoms with E-state index in [0.717, 1.165) is 10.9 Å². The van der Waals surface area contributed by atoms with Crippen LogP contribution in [0.2, 0.25) is 0 Å². The van der Waals surface area contributed by atoms with E-state index in [9.17, 15) is 10.1 Å². The molecule has 1 atom stereocenters. The lowest BCUT2D eigenvalue weighted by Gasteiger charge is -2.16. The van der Waals surface area contributed by atoms with E-state index >= 15 is 0 Å². The summed E-state index contributed by atoms with van der Waals surface area (Å²) in [4.78, 5) is 14.8. The van der Waals surface area contributed by atoms with Crippen molar-refractivity contribution in [1.29, 1.82) is 0 Å². The number of pyridine rings is 1. The molecule has 6 heteroatoms. The van der Waals surface area contributed by atoms with E-state index in [-0.39, 0.29) is 16.7 Å². The average molecular weight is 323 g/mol. The first-order valence-electron chi connectivity index (χ1n) is 7.58. The van der Waals surface area contributed by atoms with Gasteiger partial charge in [0, 0.05) is 24.1 Å². The third-order valence-corrected chi connectivity index (χ3v) is 3.75. The number of nitro groups is 1. The lowest BCUT2D eigenvalue weighted by Crippen LogP contribution is -2.15. The lowest BCUT2D eigenvalue weighted by molar-refractivity contribution is -0.383. The van der Waals surface area contributed by atoms with Crippen LogP contribution < -0.4 is 10.5 Å². The van der Waals surface area contributed by atoms with E-state index in [1.54, 1.807) is 24.4 Å². The lowest BCUT2D eigenvalue weighted by atomic mass is 10.1. The highest BCUT2D eigenvalue weighted by molar-refractivity contribution is 5.95. The number of anilines is 1. The van der Waals surface area contributed by atoms with E-state index in [1.807, 2.05) is 31.2 Å². The summed E-state index contributed by atoms with van der Waals surface area (Å²) in [6, 6.07) is 14.0. The monoisotopic (exact) mass is 323 g/mol. The van der Waals surface area contributed by atoms with Crippen molar-refractivity contribution in [3.05, 3.63) is 70.4 Å². The molecular weight excluding hydrogens is 306 g/mol. The van der Waals surface area contributed by atoms with Crippen molar-refractivity contribution in [1.82, 2.24) is 4.98 Å². The third-order valence-electron chi connectivity index (χ3n) is 3.75. The Kier molecular flexibility index (Phi) is 4.29. The van der Waals surface area contributed by atoms with Crippen molar-refractivity contribution in [2.45, 2.75) is 19.4 Å². The largest absolute Gasteiger partial charge is 0.490 e. The minimum absolute atomic E-state index is 0.0764. The number of benzene rings is 2. The molecule has 2 N–H and O–H groups in total. The number of fused-ring (bicyclic) bond motifs is 1. The molecule has 0 saturated heterocycles. The van der Waals surface area contributed by atoms with Crippen molar-refractivity contribution in [3.63, 3.8) is 0 Å². The topological polar surface area (TPSA) is 91.3 Å². The minimum atomic E-state index is -0.380. The van der Waals surface area contributed by atoms with Crippen molar-refractivity contribution in [2.75, 3.05) is 5.73 Å². The zero-order valence-corrected chi connectivity index (χ0v) is 13.2. The van der Waals surface area contributed by atoms with Crippen LogP contribution in [0.5, 0.6) is 5.75 Å². The normalized spacial score (nSPS) is 12.0. The maximum Gasteiger partial charge on any atom is 0.277 e. The van der Waals surface area contributed by atoms with Crippen molar-refractivity contribution >= 4 is 22.3 Å². The number of ether oxygens (including phenoxy) is 1. The van der Waals surface area contributed by atoms with E-state index in [2.05, 4.69) is 4.98 Å². The van der Waals surface area contributed by atoms with Crippen molar-refractivity contribution in [2.24, 2.45) is 0 Å². The van der Waals surface area contributed by atoms with Crippen LogP contribution in [0, 0.1) is 10.1 Å². The number of nitrogens with zero attached hydrogens (tertiary/aromatic N) is 2. The summed E-state index contributed by atoms with van der Waals surface area (Å²) in [7, 11) is 0. The molecule has 0 amide bonds. The van der Waals surface area contributed by atoms with E-state index in [1.165, 1.54) is 6.07 Å². The first-order chi connectivity index (χ1) is 11.5. The molecule has 2 aromatic carbocycles. The van der Waals surface area contributed by atoms with Crippen LogP contribution in [0.3, 0.4) is 0 Å². The zero-order valence-electron chi connectivity index (χ0n) is 13.2. The number of nitro benzene ring substituents is 1. The Morgan fingerprint density at radius 3 is 2.67 bits per heavy atom. The molecule has 0 fully saturated rings. The summed E-state index contributed by atoms with van der Waals surface area (Å²) < 4.78 is 6.02. The van der Waals surface area contributed by atoms with Gasteiger partial charge in [0.25, 0.3) is 5.69 Å². The van der Waals surface area contributed by atoms with Crippen LogP contribution in [0.4, 0.5) is 11.5 Å². The van der Waals surface area contributed by atoms with Crippen LogP contribution in [-0.4, -0.2) is 16.0 Å². The van der Waals surface area contributed by atoms with Crippen LogP contribution in [0.1, 0.15) is 12.5 Å². The summed E-state index contributed by atoms with van der Waals surface area (Å²) in [6.45, 7) is 1.95. The molecule has 0 radical (unpaired) electrons. The Balaban J connectivity index is 1.87. The highest BCUT2D eigenvalue weighted by atomic mass is 16.6. The molecule has 3 aromatic rings. The molecule has 6 nitrogen and oxygen atoms in total. The smallest absolute Gasteiger partial charge is 0.277 e. The third kappa shape index (κ3) is 3.27. The number of hydrogen-bond acceptors (Lipinski definition) is 5. The molecule has 0 bridgehead atoms. The Morgan fingerprint density at radius 1 is 1.21 bits per heavy atom. The fourth-order valence-electron chi connectivity index (χ4n) is 2.73. The van der Waals surface area contributed by atoms with Crippen LogP contribution in [0.15, 0.2) is 54.7 Å². The summed E-state index contributed by atoms with van der Waals surface area (Å²) >= 11 is 0. The number of nitrogen functional groups attached to an aromatic ring is 1. The number of rotatable bonds is 5. The summed E-state index contributed by atoms with van der Waals surface area (Å²) in [5.41, 5.74) is 6.80. The first-order valence-corrected chi connectivity index (χ1v) is 7.58. The van der Waals surface area contributed by atoms with Crippen LogP contribution in [-0.2, 0) is 6.42 Å².